The first-order chi connectivity index (χ1) is 15.9. The van der Waals surface area contributed by atoms with Crippen LogP contribution in [0.5, 0.6) is 0 Å². The number of amides is 1. The van der Waals surface area contributed by atoms with Crippen LogP contribution < -0.4 is 0 Å². The number of carbonyl (C=O) groups is 2. The smallest absolute Gasteiger partial charge is 0.336 e. The molecule has 5 heterocycles. The van der Waals surface area contributed by atoms with Gasteiger partial charge in [0.1, 0.15) is 12.9 Å². The lowest BCUT2D eigenvalue weighted by Gasteiger charge is -2.40. The average Bonchev–Trinajstić information content (AvgIpc) is 3.53. The predicted molar refractivity (Wildman–Crippen MR) is 116 cm³/mol. The number of piperidine rings is 1. The van der Waals surface area contributed by atoms with Crippen molar-refractivity contribution in [1.29, 1.82) is 0 Å². The number of carbonyl (C=O) groups excluding carboxylic acids is 2. The zero-order chi connectivity index (χ0) is 23.2. The third-order valence-corrected chi connectivity index (χ3v) is 7.02. The highest BCUT2D eigenvalue weighted by Gasteiger charge is 2.47. The second-order valence-corrected chi connectivity index (χ2v) is 8.97. The van der Waals surface area contributed by atoms with Crippen molar-refractivity contribution in [2.24, 2.45) is 5.41 Å². The van der Waals surface area contributed by atoms with Gasteiger partial charge >= 0.3 is 5.97 Å². The van der Waals surface area contributed by atoms with Gasteiger partial charge in [0.15, 0.2) is 5.82 Å². The first kappa shape index (κ1) is 21.4. The minimum Gasteiger partial charge on any atom is -0.456 e. The molecule has 1 spiro atoms. The number of ether oxygens (including phenoxy) is 1. The number of esters is 1. The number of hydrogen-bond donors (Lipinski definition) is 0. The van der Waals surface area contributed by atoms with Gasteiger partial charge in [-0.1, -0.05) is 6.08 Å². The van der Waals surface area contributed by atoms with Gasteiger partial charge in [0, 0.05) is 18.7 Å². The van der Waals surface area contributed by atoms with Crippen LogP contribution in [0.15, 0.2) is 35.9 Å². The molecule has 172 valence electrons. The summed E-state index contributed by atoms with van der Waals surface area (Å²) in [4.78, 5) is 29.0. The molecule has 0 N–H and O–H groups in total. The fraction of sp³-hybridized carbons (Fsp3) is 0.500. The SMILES string of the molecule is CC1=C(N2C=CC3(CCN([C@@H](C)Cc4nnc(-n5cnnn5)cc4C)CC3)C2=O)COC1=O. The molecule has 3 aliphatic heterocycles. The van der Waals surface area contributed by atoms with Gasteiger partial charge in [-0.25, -0.2) is 4.79 Å². The molecule has 1 amide bonds. The van der Waals surface area contributed by atoms with Crippen molar-refractivity contribution < 1.29 is 14.3 Å². The van der Waals surface area contributed by atoms with E-state index in [1.54, 1.807) is 11.8 Å². The number of aryl methyl sites for hydroxylation is 1. The molecular formula is C22H26N8O3. The molecule has 0 saturated carbocycles. The maximum atomic E-state index is 13.3. The highest BCUT2D eigenvalue weighted by Crippen LogP contribution is 2.42. The number of hydrogen-bond acceptors (Lipinski definition) is 9. The number of likely N-dealkylation sites (tertiary alicyclic amines) is 1. The van der Waals surface area contributed by atoms with Crippen LogP contribution in [0.25, 0.3) is 5.82 Å². The minimum absolute atomic E-state index is 0.0438. The normalized spacial score (nSPS) is 21.4. The Kier molecular flexibility index (Phi) is 5.28. The van der Waals surface area contributed by atoms with Crippen LogP contribution in [0.1, 0.15) is 37.9 Å². The monoisotopic (exact) mass is 450 g/mol. The van der Waals surface area contributed by atoms with Crippen LogP contribution in [-0.4, -0.2) is 77.8 Å². The number of nitrogens with zero attached hydrogens (tertiary/aromatic N) is 8. The number of cyclic esters (lactones) is 1. The standard InChI is InChI=1S/C22H26N8O3/c1-14-10-19(30-13-23-26-27-30)25-24-17(14)11-15(2)28-7-4-22(5-8-28)6-9-29(21(22)32)18-12-33-20(31)16(18)3/h6,9-10,13,15H,4-5,7-8,11-12H2,1-3H3/t15-/m0/s1. The van der Waals surface area contributed by atoms with E-state index in [2.05, 4.69) is 37.5 Å². The van der Waals surface area contributed by atoms with E-state index in [1.807, 2.05) is 25.3 Å². The molecule has 3 aliphatic rings. The molecular weight excluding hydrogens is 424 g/mol. The summed E-state index contributed by atoms with van der Waals surface area (Å²) in [6, 6.07) is 2.19. The fourth-order valence-electron chi connectivity index (χ4n) is 4.76. The Morgan fingerprint density at radius 3 is 2.61 bits per heavy atom. The van der Waals surface area contributed by atoms with E-state index >= 15 is 0 Å². The molecule has 0 unspecified atom stereocenters. The number of tetrazole rings is 1. The second kappa shape index (κ2) is 8.14. The molecule has 0 radical (unpaired) electrons. The molecule has 0 aliphatic carbocycles. The van der Waals surface area contributed by atoms with Crippen molar-refractivity contribution in [3.05, 3.63) is 47.2 Å². The van der Waals surface area contributed by atoms with Gasteiger partial charge in [-0.15, -0.1) is 10.2 Å². The number of rotatable bonds is 5. The van der Waals surface area contributed by atoms with Crippen LogP contribution in [0.2, 0.25) is 0 Å². The highest BCUT2D eigenvalue weighted by molar-refractivity contribution is 5.95. The minimum atomic E-state index is -0.502. The van der Waals surface area contributed by atoms with Gasteiger partial charge in [0.2, 0.25) is 5.91 Å². The Morgan fingerprint density at radius 1 is 1.18 bits per heavy atom. The molecule has 2 aromatic rings. The summed E-state index contributed by atoms with van der Waals surface area (Å²) in [6.45, 7) is 7.69. The van der Waals surface area contributed by atoms with Gasteiger partial charge < -0.3 is 9.64 Å². The van der Waals surface area contributed by atoms with E-state index in [-0.39, 0.29) is 24.5 Å². The van der Waals surface area contributed by atoms with Crippen LogP contribution in [0, 0.1) is 12.3 Å². The van der Waals surface area contributed by atoms with Crippen LogP contribution in [-0.2, 0) is 20.7 Å². The molecule has 5 rings (SSSR count). The van der Waals surface area contributed by atoms with E-state index in [4.69, 9.17) is 4.74 Å². The van der Waals surface area contributed by atoms with Crippen LogP contribution >= 0.6 is 0 Å². The zero-order valence-electron chi connectivity index (χ0n) is 18.9. The largest absolute Gasteiger partial charge is 0.456 e. The van der Waals surface area contributed by atoms with Crippen molar-refractivity contribution in [2.45, 2.75) is 46.1 Å². The van der Waals surface area contributed by atoms with Crippen molar-refractivity contribution in [3.8, 4) is 5.82 Å². The fourth-order valence-corrected chi connectivity index (χ4v) is 4.76. The van der Waals surface area contributed by atoms with Gasteiger partial charge in [0.05, 0.1) is 22.4 Å². The topological polar surface area (TPSA) is 119 Å². The van der Waals surface area contributed by atoms with Crippen molar-refractivity contribution in [1.82, 2.24) is 40.2 Å². The summed E-state index contributed by atoms with van der Waals surface area (Å²) in [5.41, 5.74) is 2.65. The first-order valence-electron chi connectivity index (χ1n) is 11.1. The summed E-state index contributed by atoms with van der Waals surface area (Å²) in [5.74, 6) is 0.284. The second-order valence-electron chi connectivity index (χ2n) is 8.97. The summed E-state index contributed by atoms with van der Waals surface area (Å²) >= 11 is 0. The quantitative estimate of drug-likeness (QED) is 0.614. The Hall–Kier alpha value is -3.47. The molecule has 1 atom stereocenters. The van der Waals surface area contributed by atoms with Gasteiger partial charge in [-0.3, -0.25) is 9.69 Å². The Morgan fingerprint density at radius 2 is 1.97 bits per heavy atom. The maximum absolute atomic E-state index is 13.3. The zero-order valence-corrected chi connectivity index (χ0v) is 18.9. The molecule has 33 heavy (non-hydrogen) atoms. The van der Waals surface area contributed by atoms with E-state index in [0.29, 0.717) is 17.1 Å². The lowest BCUT2D eigenvalue weighted by Crippen LogP contribution is -2.48. The van der Waals surface area contributed by atoms with Crippen molar-refractivity contribution >= 4 is 11.9 Å². The summed E-state index contributed by atoms with van der Waals surface area (Å²) < 4.78 is 6.57. The van der Waals surface area contributed by atoms with Gasteiger partial charge in [-0.2, -0.15) is 9.78 Å². The van der Waals surface area contributed by atoms with Crippen LogP contribution in [0.4, 0.5) is 0 Å². The summed E-state index contributed by atoms with van der Waals surface area (Å²) in [6.07, 6.45) is 7.56. The Labute approximate surface area is 191 Å². The van der Waals surface area contributed by atoms with Crippen molar-refractivity contribution in [3.63, 3.8) is 0 Å². The summed E-state index contributed by atoms with van der Waals surface area (Å²) in [7, 11) is 0. The maximum Gasteiger partial charge on any atom is 0.336 e. The molecule has 0 aromatic carbocycles. The third kappa shape index (κ3) is 3.71. The Balaban J connectivity index is 1.21. The predicted octanol–water partition coefficient (Wildman–Crippen LogP) is 0.961. The molecule has 1 saturated heterocycles. The van der Waals surface area contributed by atoms with Gasteiger partial charge in [0.25, 0.3) is 0 Å². The Bertz CT molecular complexity index is 1150. The third-order valence-electron chi connectivity index (χ3n) is 7.02. The molecule has 0 bridgehead atoms. The number of aromatic nitrogens is 6. The van der Waals surface area contributed by atoms with E-state index in [0.717, 1.165) is 43.6 Å². The lowest BCUT2D eigenvalue weighted by molar-refractivity contribution is -0.138. The van der Waals surface area contributed by atoms with Crippen molar-refractivity contribution in [2.75, 3.05) is 19.7 Å². The van der Waals surface area contributed by atoms with E-state index < -0.39 is 5.41 Å². The van der Waals surface area contributed by atoms with Gasteiger partial charge in [-0.05, 0) is 68.8 Å². The molecule has 1 fully saturated rings. The van der Waals surface area contributed by atoms with E-state index in [9.17, 15) is 9.59 Å². The molecule has 11 nitrogen and oxygen atoms in total. The summed E-state index contributed by atoms with van der Waals surface area (Å²) in [5, 5.41) is 19.8. The molecule has 2 aromatic heterocycles. The first-order valence-corrected chi connectivity index (χ1v) is 11.1. The molecule has 11 heteroatoms. The average molecular weight is 451 g/mol. The lowest BCUT2D eigenvalue weighted by atomic mass is 9.78. The highest BCUT2D eigenvalue weighted by atomic mass is 16.5. The van der Waals surface area contributed by atoms with Crippen LogP contribution in [0.3, 0.4) is 0 Å². The van der Waals surface area contributed by atoms with E-state index in [1.165, 1.54) is 11.0 Å².